The summed E-state index contributed by atoms with van der Waals surface area (Å²) < 4.78 is 5.27. The van der Waals surface area contributed by atoms with Crippen molar-refractivity contribution in [2.24, 2.45) is 23.7 Å². The molecule has 0 radical (unpaired) electrons. The van der Waals surface area contributed by atoms with E-state index in [0.717, 1.165) is 82.7 Å². The normalized spacial score (nSPS) is 19.4. The lowest BCUT2D eigenvalue weighted by molar-refractivity contribution is 0.124. The molecule has 2 heterocycles. The fourth-order valence-electron chi connectivity index (χ4n) is 12.0. The molecule has 71 heavy (non-hydrogen) atoms. The van der Waals surface area contributed by atoms with Gasteiger partial charge in [-0.1, -0.05) is 162 Å². The van der Waals surface area contributed by atoms with Crippen LogP contribution in [0.3, 0.4) is 0 Å². The Balaban J connectivity index is 0.000000231. The van der Waals surface area contributed by atoms with Crippen molar-refractivity contribution in [3.05, 3.63) is 150 Å². The standard InChI is InChI=1S/C35H50N2.C30H40N2O.CH4/c1-5-7-9-10-13-29-17-19-30(20-18-29)27(3)36-34-21-22-35(32(25-34)14-8-6-2)28(4)37-24-23-31-15-11-12-16-33(31)26-37;1-5-6-9-26-20-28(31-22(2)24-12-15-29(33-4)16-13-24)14-17-30(26)23(3)32-19-18-25-10-7-8-11-27(25)21-32;/h17-22,25,31,33,36H,3-16,23-24,26H2,1-2H3;12-17,20,25,27,31H,2-3,5-11,18-19,21H2,1,4H3;1H4. The van der Waals surface area contributed by atoms with E-state index in [-0.39, 0.29) is 7.43 Å². The van der Waals surface area contributed by atoms with Crippen molar-refractivity contribution in [2.45, 2.75) is 163 Å². The second-order valence-corrected chi connectivity index (χ2v) is 21.4. The van der Waals surface area contributed by atoms with Crippen LogP contribution in [0.4, 0.5) is 11.4 Å². The van der Waals surface area contributed by atoms with Gasteiger partial charge in [0.25, 0.3) is 0 Å². The zero-order valence-electron chi connectivity index (χ0n) is 44.2. The summed E-state index contributed by atoms with van der Waals surface area (Å²) in [5.41, 5.74) is 15.6. The fourth-order valence-corrected chi connectivity index (χ4v) is 12.0. The second-order valence-electron chi connectivity index (χ2n) is 21.4. The number of anilines is 2. The van der Waals surface area contributed by atoms with E-state index in [1.165, 1.54) is 181 Å². The molecule has 4 fully saturated rings. The number of ether oxygens (including phenoxy) is 1. The first kappa shape index (κ1) is 55.2. The Kier molecular flexibility index (Phi) is 21.9. The number of nitrogens with one attached hydrogen (secondary N) is 2. The van der Waals surface area contributed by atoms with Crippen LogP contribution in [0.1, 0.15) is 183 Å². The Hall–Kier alpha value is -5.16. The summed E-state index contributed by atoms with van der Waals surface area (Å²) in [5.74, 6) is 4.47. The van der Waals surface area contributed by atoms with Gasteiger partial charge in [-0.25, -0.2) is 0 Å². The summed E-state index contributed by atoms with van der Waals surface area (Å²) in [6.07, 6.45) is 27.4. The van der Waals surface area contributed by atoms with Crippen molar-refractivity contribution in [3.63, 3.8) is 0 Å². The molecule has 2 N–H and O–H groups in total. The van der Waals surface area contributed by atoms with Crippen LogP contribution < -0.4 is 15.4 Å². The van der Waals surface area contributed by atoms with Crippen LogP contribution >= 0.6 is 0 Å². The zero-order chi connectivity index (χ0) is 49.2. The Morgan fingerprint density at radius 2 is 0.944 bits per heavy atom. The zero-order valence-corrected chi connectivity index (χ0v) is 44.2. The Bertz CT molecular complexity index is 2310. The molecule has 2 saturated carbocycles. The molecule has 2 aliphatic heterocycles. The predicted molar refractivity (Wildman–Crippen MR) is 311 cm³/mol. The molecule has 5 nitrogen and oxygen atoms in total. The van der Waals surface area contributed by atoms with Crippen LogP contribution in [0.25, 0.3) is 22.8 Å². The van der Waals surface area contributed by atoms with Crippen LogP contribution in [0, 0.1) is 23.7 Å². The van der Waals surface area contributed by atoms with E-state index >= 15 is 0 Å². The SMILES string of the molecule is C.C=C(Nc1ccc(C(=C)N2CCC3CCCCC3C2)c(CCCC)c1)c1ccc(CCCCCC)cc1.C=C(Nc1ccc(C(=C)N2CCC3CCCCC3C2)c(CCCC)c1)c1ccc(OC)cc1. The first-order chi connectivity index (χ1) is 34.2. The van der Waals surface area contributed by atoms with Gasteiger partial charge in [0.1, 0.15) is 5.75 Å². The summed E-state index contributed by atoms with van der Waals surface area (Å²) in [7, 11) is 1.69. The third-order valence-corrected chi connectivity index (χ3v) is 16.4. The van der Waals surface area contributed by atoms with Crippen molar-refractivity contribution < 1.29 is 4.74 Å². The van der Waals surface area contributed by atoms with Crippen molar-refractivity contribution in [1.82, 2.24) is 9.80 Å². The molecule has 8 rings (SSSR count). The Morgan fingerprint density at radius 1 is 0.507 bits per heavy atom. The molecule has 4 atom stereocenters. The number of fused-ring (bicyclic) bond motifs is 2. The molecule has 0 amide bonds. The second kappa shape index (κ2) is 28.2. The third-order valence-electron chi connectivity index (χ3n) is 16.4. The van der Waals surface area contributed by atoms with E-state index in [1.807, 2.05) is 24.3 Å². The van der Waals surface area contributed by atoms with Gasteiger partial charge in [-0.2, -0.15) is 0 Å². The smallest absolute Gasteiger partial charge is 0.118 e. The third kappa shape index (κ3) is 15.4. The van der Waals surface area contributed by atoms with Gasteiger partial charge in [0.05, 0.1) is 7.11 Å². The highest BCUT2D eigenvalue weighted by atomic mass is 16.5. The number of aryl methyl sites for hydroxylation is 3. The quantitative estimate of drug-likeness (QED) is 0.0768. The number of likely N-dealkylation sites (tertiary alicyclic amines) is 2. The first-order valence-electron chi connectivity index (χ1n) is 28.0. The average molecular weight is 960 g/mol. The summed E-state index contributed by atoms with van der Waals surface area (Å²) in [4.78, 5) is 5.16. The highest BCUT2D eigenvalue weighted by Gasteiger charge is 2.33. The van der Waals surface area contributed by atoms with Crippen LogP contribution in [0.2, 0.25) is 0 Å². The number of methoxy groups -OCH3 is 1. The molecular weight excluding hydrogens is 865 g/mol. The minimum Gasteiger partial charge on any atom is -0.497 e. The Morgan fingerprint density at radius 3 is 1.38 bits per heavy atom. The molecule has 2 aliphatic carbocycles. The summed E-state index contributed by atoms with van der Waals surface area (Å²) >= 11 is 0. The monoisotopic (exact) mass is 959 g/mol. The number of hydrogen-bond acceptors (Lipinski definition) is 5. The van der Waals surface area contributed by atoms with Gasteiger partial charge < -0.3 is 25.2 Å². The molecular formula is C66H94N4O. The van der Waals surface area contributed by atoms with Gasteiger partial charge in [0, 0.05) is 71.5 Å². The predicted octanol–water partition coefficient (Wildman–Crippen LogP) is 18.0. The Labute approximate surface area is 433 Å². The van der Waals surface area contributed by atoms with Gasteiger partial charge >= 0.3 is 0 Å². The maximum atomic E-state index is 5.27. The lowest BCUT2D eigenvalue weighted by Crippen LogP contribution is -2.40. The highest BCUT2D eigenvalue weighted by molar-refractivity contribution is 5.78. The van der Waals surface area contributed by atoms with Crippen molar-refractivity contribution in [3.8, 4) is 5.75 Å². The summed E-state index contributed by atoms with van der Waals surface area (Å²) in [5, 5.41) is 7.12. The van der Waals surface area contributed by atoms with Gasteiger partial charge in [0.15, 0.2) is 0 Å². The lowest BCUT2D eigenvalue weighted by atomic mass is 9.75. The molecule has 5 heteroatoms. The van der Waals surface area contributed by atoms with E-state index in [9.17, 15) is 0 Å². The minimum absolute atomic E-state index is 0. The van der Waals surface area contributed by atoms with E-state index in [1.54, 1.807) is 7.11 Å². The molecule has 0 bridgehead atoms. The fraction of sp³-hybridized carbons (Fsp3) is 0.515. The van der Waals surface area contributed by atoms with E-state index in [4.69, 9.17) is 4.74 Å². The van der Waals surface area contributed by atoms with Crippen molar-refractivity contribution >= 4 is 34.2 Å². The molecule has 4 unspecified atom stereocenters. The molecule has 4 aliphatic rings. The maximum absolute atomic E-state index is 5.27. The van der Waals surface area contributed by atoms with Crippen LogP contribution in [-0.4, -0.2) is 43.1 Å². The molecule has 2 saturated heterocycles. The first-order valence-corrected chi connectivity index (χ1v) is 28.0. The highest BCUT2D eigenvalue weighted by Crippen LogP contribution is 2.41. The molecule has 4 aromatic carbocycles. The van der Waals surface area contributed by atoms with E-state index in [0.29, 0.717) is 0 Å². The number of benzene rings is 4. The number of piperidine rings is 2. The molecule has 4 aromatic rings. The molecule has 384 valence electrons. The van der Waals surface area contributed by atoms with Gasteiger partial charge in [0.2, 0.25) is 0 Å². The summed E-state index contributed by atoms with van der Waals surface area (Å²) in [6.45, 7) is 29.3. The number of rotatable bonds is 22. The van der Waals surface area contributed by atoms with E-state index < -0.39 is 0 Å². The van der Waals surface area contributed by atoms with Crippen LogP contribution in [-0.2, 0) is 19.3 Å². The summed E-state index contributed by atoms with van der Waals surface area (Å²) in [6, 6.07) is 30.6. The lowest BCUT2D eigenvalue weighted by Gasteiger charge is -2.43. The van der Waals surface area contributed by atoms with Crippen LogP contribution in [0.5, 0.6) is 5.75 Å². The number of hydrogen-bond donors (Lipinski definition) is 2. The average Bonchev–Trinajstić information content (AvgIpc) is 3.40. The molecule has 0 aromatic heterocycles. The maximum Gasteiger partial charge on any atom is 0.118 e. The molecule has 0 spiro atoms. The van der Waals surface area contributed by atoms with Gasteiger partial charge in [-0.3, -0.25) is 0 Å². The van der Waals surface area contributed by atoms with Gasteiger partial charge in [-0.05, 0) is 164 Å². The van der Waals surface area contributed by atoms with Crippen LogP contribution in [0.15, 0.2) is 111 Å². The topological polar surface area (TPSA) is 39.8 Å². The van der Waals surface area contributed by atoms with Crippen molar-refractivity contribution in [1.29, 1.82) is 0 Å². The van der Waals surface area contributed by atoms with E-state index in [2.05, 4.69) is 128 Å². The number of unbranched alkanes of at least 4 members (excludes halogenated alkanes) is 5. The largest absolute Gasteiger partial charge is 0.497 e. The van der Waals surface area contributed by atoms with Crippen molar-refractivity contribution in [2.75, 3.05) is 43.9 Å². The number of nitrogens with zero attached hydrogens (tertiary/aromatic N) is 2. The van der Waals surface area contributed by atoms with Gasteiger partial charge in [-0.15, -0.1) is 0 Å². The minimum atomic E-state index is 0.